The van der Waals surface area contributed by atoms with Crippen LogP contribution >= 0.6 is 0 Å². The molecule has 0 aromatic rings. The maximum Gasteiger partial charge on any atom is 0.0567 e. The van der Waals surface area contributed by atoms with Gasteiger partial charge in [0.2, 0.25) is 0 Å². The summed E-state index contributed by atoms with van der Waals surface area (Å²) in [4.78, 5) is 0. The molecule has 0 rings (SSSR count). The lowest BCUT2D eigenvalue weighted by molar-refractivity contribution is 1.37. The van der Waals surface area contributed by atoms with Gasteiger partial charge >= 0.3 is 0 Å². The molecule has 0 N–H and O–H groups in total. The minimum atomic E-state index is -0.142. The molecule has 12 heavy (non-hydrogen) atoms. The summed E-state index contributed by atoms with van der Waals surface area (Å²) in [5.74, 6) is 0. The van der Waals surface area contributed by atoms with Gasteiger partial charge in [0.1, 0.15) is 0 Å². The molecule has 0 spiro atoms. The van der Waals surface area contributed by atoms with E-state index in [1.165, 1.54) is 10.2 Å². The molecule has 0 saturated heterocycles. The maximum absolute atomic E-state index is 3.77. The molecule has 0 radical (unpaired) electrons. The molecule has 0 heterocycles. The molecule has 0 unspecified atom stereocenters. The van der Waals surface area contributed by atoms with E-state index < -0.39 is 0 Å². The van der Waals surface area contributed by atoms with Crippen LogP contribution in [0.25, 0.3) is 0 Å². The lowest BCUT2D eigenvalue weighted by Crippen LogP contribution is -1.92. The second kappa shape index (κ2) is 8.49. The number of hydrogen-bond donors (Lipinski definition) is 0. The molecule has 0 bridgehead atoms. The second-order valence-corrected chi connectivity index (χ2v) is 5.20. The van der Waals surface area contributed by atoms with Crippen LogP contribution in [0.2, 0.25) is 5.54 Å². The fraction of sp³-hybridized carbons (Fsp3) is 0.200. The molecular formula is C10H18Si2. The molecule has 0 saturated carbocycles. The van der Waals surface area contributed by atoms with Gasteiger partial charge in [-0.05, 0) is 12.0 Å². The van der Waals surface area contributed by atoms with E-state index in [1.54, 1.807) is 0 Å². The van der Waals surface area contributed by atoms with Gasteiger partial charge in [-0.2, -0.15) is 0 Å². The van der Waals surface area contributed by atoms with Crippen LogP contribution in [-0.4, -0.2) is 19.8 Å². The molecule has 0 amide bonds. The van der Waals surface area contributed by atoms with Gasteiger partial charge in [0.25, 0.3) is 0 Å². The molecular weight excluding hydrogens is 176 g/mol. The standard InChI is InChI=1S/C10H18Si2/c1-3-10(4-2)12-9-7-5-6-8-11/h3-4,6-10H,1-2,5,12H2,11H3. The minimum Gasteiger partial charge on any atom is -0.109 e. The zero-order valence-electron chi connectivity index (χ0n) is 7.87. The summed E-state index contributed by atoms with van der Waals surface area (Å²) >= 11 is 0. The lowest BCUT2D eigenvalue weighted by atomic mass is 10.4. The second-order valence-electron chi connectivity index (χ2n) is 2.65. The van der Waals surface area contributed by atoms with Gasteiger partial charge in [-0.25, -0.2) is 0 Å². The largest absolute Gasteiger partial charge is 0.109 e. The van der Waals surface area contributed by atoms with Crippen molar-refractivity contribution in [2.45, 2.75) is 12.0 Å². The van der Waals surface area contributed by atoms with Gasteiger partial charge < -0.3 is 0 Å². The van der Waals surface area contributed by atoms with Crippen molar-refractivity contribution in [1.29, 1.82) is 0 Å². The van der Waals surface area contributed by atoms with Gasteiger partial charge in [-0.15, -0.1) is 24.6 Å². The molecule has 0 fully saturated rings. The average Bonchev–Trinajstić information content (AvgIpc) is 2.11. The smallest absolute Gasteiger partial charge is 0.0567 e. The SMILES string of the molecule is C=CC(C=C)[SiH2]C=CCC=C[SiH3]. The summed E-state index contributed by atoms with van der Waals surface area (Å²) in [6, 6.07) is 0. The highest BCUT2D eigenvalue weighted by molar-refractivity contribution is 6.45. The topological polar surface area (TPSA) is 0 Å². The van der Waals surface area contributed by atoms with Crippen molar-refractivity contribution in [3.8, 4) is 0 Å². The quantitative estimate of drug-likeness (QED) is 0.439. The highest BCUT2D eigenvalue weighted by Crippen LogP contribution is 2.04. The van der Waals surface area contributed by atoms with E-state index in [0.29, 0.717) is 5.54 Å². The third kappa shape index (κ3) is 6.13. The van der Waals surface area contributed by atoms with Gasteiger partial charge in [-0.3, -0.25) is 0 Å². The summed E-state index contributed by atoms with van der Waals surface area (Å²) in [7, 11) is 1.03. The van der Waals surface area contributed by atoms with Gasteiger partial charge in [0.05, 0.1) is 9.52 Å². The lowest BCUT2D eigenvalue weighted by Gasteiger charge is -1.98. The van der Waals surface area contributed by atoms with Gasteiger partial charge in [0, 0.05) is 10.2 Å². The van der Waals surface area contributed by atoms with Crippen LogP contribution in [0, 0.1) is 0 Å². The van der Waals surface area contributed by atoms with Crippen molar-refractivity contribution in [3.05, 3.63) is 48.9 Å². The van der Waals surface area contributed by atoms with Crippen LogP contribution in [0.4, 0.5) is 0 Å². The van der Waals surface area contributed by atoms with E-state index in [2.05, 4.69) is 36.7 Å². The van der Waals surface area contributed by atoms with Gasteiger partial charge in [0.15, 0.2) is 0 Å². The fourth-order valence-corrected chi connectivity index (χ4v) is 2.21. The zero-order valence-corrected chi connectivity index (χ0v) is 11.3. The Balaban J connectivity index is 3.57. The molecule has 0 nitrogen and oxygen atoms in total. The summed E-state index contributed by atoms with van der Waals surface area (Å²) in [5, 5.41) is 0. The van der Waals surface area contributed by atoms with Crippen molar-refractivity contribution in [3.63, 3.8) is 0 Å². The molecule has 0 aromatic carbocycles. The molecule has 0 aliphatic heterocycles. The molecule has 0 aliphatic carbocycles. The van der Waals surface area contributed by atoms with Crippen molar-refractivity contribution < 1.29 is 0 Å². The normalized spacial score (nSPS) is 12.8. The molecule has 0 aromatic heterocycles. The van der Waals surface area contributed by atoms with E-state index in [9.17, 15) is 0 Å². The first-order chi connectivity index (χ1) is 5.85. The molecule has 2 heteroatoms. The summed E-state index contributed by atoms with van der Waals surface area (Å²) in [6.45, 7) is 7.54. The Kier molecular flexibility index (Phi) is 8.06. The van der Waals surface area contributed by atoms with Crippen LogP contribution in [0.5, 0.6) is 0 Å². The maximum atomic E-state index is 3.77. The number of rotatable bonds is 6. The fourth-order valence-electron chi connectivity index (χ4n) is 0.853. The zero-order chi connectivity index (χ0) is 9.23. The van der Waals surface area contributed by atoms with Crippen LogP contribution in [0.15, 0.2) is 48.9 Å². The molecule has 66 valence electrons. The summed E-state index contributed by atoms with van der Waals surface area (Å²) in [6.07, 6.45) is 9.55. The average molecular weight is 194 g/mol. The Labute approximate surface area is 81.0 Å². The Morgan fingerprint density at radius 2 is 1.92 bits per heavy atom. The first kappa shape index (κ1) is 11.4. The van der Waals surface area contributed by atoms with E-state index >= 15 is 0 Å². The highest BCUT2D eigenvalue weighted by atomic mass is 28.2. The van der Waals surface area contributed by atoms with Crippen LogP contribution in [0.3, 0.4) is 0 Å². The van der Waals surface area contributed by atoms with E-state index in [4.69, 9.17) is 0 Å². The Morgan fingerprint density at radius 3 is 2.42 bits per heavy atom. The minimum absolute atomic E-state index is 0.142. The first-order valence-corrected chi connectivity index (χ1v) is 7.15. The third-order valence-corrected chi connectivity index (χ3v) is 3.98. The van der Waals surface area contributed by atoms with Crippen molar-refractivity contribution in [2.75, 3.05) is 0 Å². The van der Waals surface area contributed by atoms with Crippen molar-refractivity contribution in [2.24, 2.45) is 0 Å². The first-order valence-electron chi connectivity index (χ1n) is 4.36. The van der Waals surface area contributed by atoms with Crippen LogP contribution in [0.1, 0.15) is 6.42 Å². The third-order valence-electron chi connectivity index (χ3n) is 1.69. The predicted octanol–water partition coefficient (Wildman–Crippen LogP) is 1.10. The monoisotopic (exact) mass is 194 g/mol. The summed E-state index contributed by atoms with van der Waals surface area (Å²) < 4.78 is 0. The van der Waals surface area contributed by atoms with E-state index in [-0.39, 0.29) is 9.52 Å². The molecule has 0 atom stereocenters. The van der Waals surface area contributed by atoms with E-state index in [0.717, 1.165) is 6.42 Å². The predicted molar refractivity (Wildman–Crippen MR) is 65.5 cm³/mol. The molecule has 0 aliphatic rings. The summed E-state index contributed by atoms with van der Waals surface area (Å²) in [5.41, 5.74) is 5.11. The Bertz CT molecular complexity index is 172. The van der Waals surface area contributed by atoms with Gasteiger partial charge in [-0.1, -0.05) is 24.3 Å². The van der Waals surface area contributed by atoms with Crippen molar-refractivity contribution >= 4 is 19.8 Å². The number of hydrogen-bond acceptors (Lipinski definition) is 0. The van der Waals surface area contributed by atoms with Crippen molar-refractivity contribution in [1.82, 2.24) is 0 Å². The van der Waals surface area contributed by atoms with E-state index in [1.807, 2.05) is 12.2 Å². The Morgan fingerprint density at radius 1 is 1.25 bits per heavy atom. The van der Waals surface area contributed by atoms with Crippen LogP contribution < -0.4 is 0 Å². The number of allylic oxidation sites excluding steroid dienone is 4. The van der Waals surface area contributed by atoms with Crippen LogP contribution in [-0.2, 0) is 0 Å². The highest BCUT2D eigenvalue weighted by Gasteiger charge is 1.93. The Hall–Kier alpha value is -0.606.